The highest BCUT2D eigenvalue weighted by atomic mass is 31.2. The van der Waals surface area contributed by atoms with Gasteiger partial charge in [-0.1, -0.05) is 0 Å². The lowest BCUT2D eigenvalue weighted by Gasteiger charge is -2.18. The van der Waals surface area contributed by atoms with Crippen molar-refractivity contribution in [3.05, 3.63) is 34.7 Å². The molecule has 15 heteroatoms. The number of halogens is 1. The van der Waals surface area contributed by atoms with Gasteiger partial charge in [-0.15, -0.1) is 0 Å². The number of rotatable bonds is 7. The summed E-state index contributed by atoms with van der Waals surface area (Å²) in [5, 5.41) is 10.1. The second-order valence-electron chi connectivity index (χ2n) is 5.67. The lowest BCUT2D eigenvalue weighted by atomic mass is 10.1. The average molecular weight is 429 g/mol. The third-order valence-electron chi connectivity index (χ3n) is 3.63. The summed E-state index contributed by atoms with van der Waals surface area (Å²) in [5.41, 5.74) is 4.15. The minimum Gasteiger partial charge on any atom is -0.386 e. The van der Waals surface area contributed by atoms with Crippen LogP contribution < -0.4 is 11.4 Å². The van der Waals surface area contributed by atoms with E-state index in [1.807, 2.05) is 0 Å². The standard InChI is InChI=1S/C12H18FN3O9P2/c13-5-7-10(17)8(6-24-27(22,23)4-3-26(19,20)21)25-11(7)16-2-1-9(14)15-12(16)18/h1-2,5,8,10-11,17H,3-4,6H2,(H,22,23)(H2,14,15,18)(H2,19,20,21)/t8-,10-,11-/m1/s1. The molecular formula is C12H18FN3O9P2. The molecule has 0 bridgehead atoms. The molecule has 2 heterocycles. The molecule has 4 atom stereocenters. The van der Waals surface area contributed by atoms with Crippen molar-refractivity contribution in [2.75, 3.05) is 24.7 Å². The van der Waals surface area contributed by atoms with Gasteiger partial charge in [0.1, 0.15) is 18.0 Å². The van der Waals surface area contributed by atoms with Crippen molar-refractivity contribution >= 4 is 21.0 Å². The van der Waals surface area contributed by atoms with Gasteiger partial charge in [0, 0.05) is 11.8 Å². The van der Waals surface area contributed by atoms with E-state index in [1.54, 1.807) is 0 Å². The lowest BCUT2D eigenvalue weighted by Crippen LogP contribution is -2.28. The Kier molecular flexibility index (Phi) is 6.72. The number of nitrogens with two attached hydrogens (primary N) is 1. The summed E-state index contributed by atoms with van der Waals surface area (Å²) in [6.45, 7) is -0.693. The molecule has 1 unspecified atom stereocenters. The number of aliphatic hydroxyl groups is 1. The maximum atomic E-state index is 13.2. The third kappa shape index (κ3) is 5.77. The predicted octanol–water partition coefficient (Wildman–Crippen LogP) is -0.683. The second kappa shape index (κ2) is 8.29. The van der Waals surface area contributed by atoms with E-state index in [0.29, 0.717) is 0 Å². The first-order valence-electron chi connectivity index (χ1n) is 7.43. The quantitative estimate of drug-likeness (QED) is 0.345. The van der Waals surface area contributed by atoms with Crippen LogP contribution in [0.2, 0.25) is 0 Å². The molecule has 0 spiro atoms. The Bertz CT molecular complexity index is 870. The Labute approximate surface area is 151 Å². The van der Waals surface area contributed by atoms with Gasteiger partial charge in [0.25, 0.3) is 0 Å². The zero-order valence-electron chi connectivity index (χ0n) is 13.7. The van der Waals surface area contributed by atoms with Gasteiger partial charge < -0.3 is 34.8 Å². The normalized spacial score (nSPS) is 27.0. The van der Waals surface area contributed by atoms with E-state index in [2.05, 4.69) is 4.98 Å². The molecule has 0 aromatic carbocycles. The molecule has 1 aromatic heterocycles. The highest BCUT2D eigenvalue weighted by Gasteiger charge is 2.42. The zero-order chi connectivity index (χ0) is 20.4. The summed E-state index contributed by atoms with van der Waals surface area (Å²) >= 11 is 0. The van der Waals surface area contributed by atoms with Crippen LogP contribution in [0.3, 0.4) is 0 Å². The fourth-order valence-electron chi connectivity index (χ4n) is 2.27. The minimum absolute atomic E-state index is 0.0322. The average Bonchev–Trinajstić information content (AvgIpc) is 2.86. The van der Waals surface area contributed by atoms with Gasteiger partial charge >= 0.3 is 20.9 Å². The lowest BCUT2D eigenvalue weighted by molar-refractivity contribution is -0.0411. The van der Waals surface area contributed by atoms with Crippen molar-refractivity contribution < 1.29 is 42.6 Å². The van der Waals surface area contributed by atoms with Gasteiger partial charge in [-0.05, 0) is 6.07 Å². The minimum atomic E-state index is -4.50. The number of aromatic nitrogens is 2. The molecule has 1 aliphatic heterocycles. The maximum Gasteiger partial charge on any atom is 0.351 e. The number of anilines is 1. The van der Waals surface area contributed by atoms with Crippen LogP contribution in [-0.4, -0.2) is 60.5 Å². The fraction of sp³-hybridized carbons (Fsp3) is 0.500. The molecule has 1 saturated heterocycles. The summed E-state index contributed by atoms with van der Waals surface area (Å²) < 4.78 is 46.7. The first-order chi connectivity index (χ1) is 12.4. The molecule has 1 aromatic rings. The first kappa shape index (κ1) is 21.9. The molecule has 152 valence electrons. The highest BCUT2D eigenvalue weighted by Crippen LogP contribution is 2.47. The monoisotopic (exact) mass is 429 g/mol. The molecule has 12 nitrogen and oxygen atoms in total. The number of nitrogens with zero attached hydrogens (tertiary/aromatic N) is 2. The van der Waals surface area contributed by atoms with E-state index in [1.165, 1.54) is 12.3 Å². The summed E-state index contributed by atoms with van der Waals surface area (Å²) in [6.07, 6.45) is -4.80. The van der Waals surface area contributed by atoms with Gasteiger partial charge in [0.15, 0.2) is 6.23 Å². The van der Waals surface area contributed by atoms with Crippen LogP contribution in [0.4, 0.5) is 10.2 Å². The van der Waals surface area contributed by atoms with Gasteiger partial charge in [-0.3, -0.25) is 13.7 Å². The van der Waals surface area contributed by atoms with Crippen LogP contribution in [-0.2, 0) is 18.4 Å². The smallest absolute Gasteiger partial charge is 0.351 e. The van der Waals surface area contributed by atoms with Crippen molar-refractivity contribution in [3.8, 4) is 0 Å². The molecule has 2 rings (SSSR count). The number of hydrogen-bond donors (Lipinski definition) is 5. The Morgan fingerprint density at radius 1 is 1.37 bits per heavy atom. The third-order valence-corrected chi connectivity index (χ3v) is 6.13. The van der Waals surface area contributed by atoms with E-state index in [9.17, 15) is 28.3 Å². The number of nitrogen functional groups attached to an aromatic ring is 1. The predicted molar refractivity (Wildman–Crippen MR) is 89.6 cm³/mol. The number of ether oxygens (including phenoxy) is 1. The SMILES string of the molecule is Nc1ccn([C@@H]2O[C@H](COP(=O)(O)CCP(=O)(O)O)[C@H](O)C2=CF)c(=O)n1. The molecule has 27 heavy (non-hydrogen) atoms. The van der Waals surface area contributed by atoms with E-state index in [0.717, 1.165) is 4.57 Å². The molecular weight excluding hydrogens is 411 g/mol. The molecule has 1 aliphatic rings. The molecule has 0 amide bonds. The summed E-state index contributed by atoms with van der Waals surface area (Å²) in [5.74, 6) is -0.0771. The molecule has 6 N–H and O–H groups in total. The van der Waals surface area contributed by atoms with Crippen molar-refractivity contribution in [1.29, 1.82) is 0 Å². The van der Waals surface area contributed by atoms with Gasteiger partial charge in [0.05, 0.1) is 25.3 Å². The second-order valence-corrected chi connectivity index (χ2v) is 9.43. The van der Waals surface area contributed by atoms with Gasteiger partial charge in [-0.25, -0.2) is 9.18 Å². The Hall–Kier alpha value is -1.43. The summed E-state index contributed by atoms with van der Waals surface area (Å²) in [4.78, 5) is 42.4. The molecule has 1 fully saturated rings. The van der Waals surface area contributed by atoms with Crippen LogP contribution in [0.1, 0.15) is 6.23 Å². The van der Waals surface area contributed by atoms with Crippen LogP contribution >= 0.6 is 15.2 Å². The van der Waals surface area contributed by atoms with Crippen molar-refractivity contribution in [2.24, 2.45) is 0 Å². The molecule has 0 aliphatic carbocycles. The topological polar surface area (TPSA) is 194 Å². The van der Waals surface area contributed by atoms with Crippen molar-refractivity contribution in [2.45, 2.75) is 18.4 Å². The largest absolute Gasteiger partial charge is 0.386 e. The van der Waals surface area contributed by atoms with E-state index in [-0.39, 0.29) is 17.7 Å². The number of aliphatic hydroxyl groups excluding tert-OH is 1. The summed E-state index contributed by atoms with van der Waals surface area (Å²) in [6, 6.07) is 1.25. The molecule has 0 saturated carbocycles. The maximum absolute atomic E-state index is 13.2. The zero-order valence-corrected chi connectivity index (χ0v) is 15.4. The van der Waals surface area contributed by atoms with Crippen molar-refractivity contribution in [1.82, 2.24) is 9.55 Å². The Morgan fingerprint density at radius 2 is 2.04 bits per heavy atom. The first-order valence-corrected chi connectivity index (χ1v) is 11.0. The van der Waals surface area contributed by atoms with Crippen LogP contribution in [0.25, 0.3) is 0 Å². The fourth-order valence-corrected chi connectivity index (χ4v) is 4.83. The van der Waals surface area contributed by atoms with Crippen LogP contribution in [0.5, 0.6) is 0 Å². The Balaban J connectivity index is 2.10. The number of hydrogen-bond acceptors (Lipinski definition) is 8. The summed E-state index contributed by atoms with van der Waals surface area (Å²) in [7, 11) is -8.90. The van der Waals surface area contributed by atoms with Crippen molar-refractivity contribution in [3.63, 3.8) is 0 Å². The van der Waals surface area contributed by atoms with Gasteiger partial charge in [-0.2, -0.15) is 4.98 Å². The van der Waals surface area contributed by atoms with Crippen LogP contribution in [0, 0.1) is 0 Å². The van der Waals surface area contributed by atoms with E-state index < -0.39 is 58.2 Å². The van der Waals surface area contributed by atoms with Crippen LogP contribution in [0.15, 0.2) is 29.0 Å². The molecule has 0 radical (unpaired) electrons. The van der Waals surface area contributed by atoms with E-state index >= 15 is 0 Å². The van der Waals surface area contributed by atoms with Gasteiger partial charge in [0.2, 0.25) is 0 Å². The van der Waals surface area contributed by atoms with E-state index in [4.69, 9.17) is 24.8 Å². The Morgan fingerprint density at radius 3 is 2.59 bits per heavy atom. The highest BCUT2D eigenvalue weighted by molar-refractivity contribution is 7.56.